The van der Waals surface area contributed by atoms with Crippen LogP contribution >= 0.6 is 22.9 Å². The van der Waals surface area contributed by atoms with E-state index in [1.54, 1.807) is 6.92 Å². The van der Waals surface area contributed by atoms with Crippen molar-refractivity contribution >= 4 is 22.9 Å². The number of alkyl halides is 1. The Hall–Kier alpha value is 0.620. The molecule has 3 heteroatoms. The molecule has 0 bridgehead atoms. The van der Waals surface area contributed by atoms with Gasteiger partial charge in [-0.3, -0.25) is 0 Å². The first-order valence-corrected chi connectivity index (χ1v) is 3.16. The molecule has 1 fully saturated rings. The van der Waals surface area contributed by atoms with Crippen LogP contribution in [0, 0.1) is 0 Å². The van der Waals surface area contributed by atoms with E-state index in [1.807, 2.05) is 3.11 Å². The lowest BCUT2D eigenvalue weighted by Crippen LogP contribution is -2.51. The summed E-state index contributed by atoms with van der Waals surface area (Å²) in [4.78, 5) is 0. The number of halogens is 2. The normalized spacial score (nSPS) is 29.6. The Balaban J connectivity index is 2.29. The predicted octanol–water partition coefficient (Wildman–Crippen LogP) is 1.38. The molecule has 0 N–H and O–H groups in total. The van der Waals surface area contributed by atoms with Gasteiger partial charge in [-0.1, -0.05) is 0 Å². The van der Waals surface area contributed by atoms with Gasteiger partial charge in [0.15, 0.2) is 0 Å². The smallest absolute Gasteiger partial charge is 0.135 e. The van der Waals surface area contributed by atoms with Crippen molar-refractivity contribution < 1.29 is 4.39 Å². The second-order valence-electron chi connectivity index (χ2n) is 2.19. The van der Waals surface area contributed by atoms with E-state index in [4.69, 9.17) is 0 Å². The zero-order chi connectivity index (χ0) is 5.49. The molecule has 0 atom stereocenters. The lowest BCUT2D eigenvalue weighted by atomic mass is 10.0. The second-order valence-corrected chi connectivity index (χ2v) is 3.56. The van der Waals surface area contributed by atoms with Crippen molar-refractivity contribution in [2.45, 2.75) is 12.6 Å². The standard InChI is InChI=1S/C4H7FIN/c1-4(5)2-7(6)3-4/h2-3H2,1H3. The van der Waals surface area contributed by atoms with Crippen molar-refractivity contribution in [3.05, 3.63) is 0 Å². The Morgan fingerprint density at radius 3 is 2.14 bits per heavy atom. The minimum atomic E-state index is -0.888. The van der Waals surface area contributed by atoms with Crippen molar-refractivity contribution in [1.82, 2.24) is 3.11 Å². The summed E-state index contributed by atoms with van der Waals surface area (Å²) >= 11 is 2.11. The van der Waals surface area contributed by atoms with Gasteiger partial charge in [-0.2, -0.15) is 0 Å². The quantitative estimate of drug-likeness (QED) is 0.435. The van der Waals surface area contributed by atoms with Crippen molar-refractivity contribution in [2.75, 3.05) is 13.1 Å². The summed E-state index contributed by atoms with van der Waals surface area (Å²) in [5, 5.41) is 0. The molecule has 1 rings (SSSR count). The first kappa shape index (κ1) is 5.75. The summed E-state index contributed by atoms with van der Waals surface area (Å²) < 4.78 is 14.3. The van der Waals surface area contributed by atoms with Crippen molar-refractivity contribution in [3.63, 3.8) is 0 Å². The fourth-order valence-electron chi connectivity index (χ4n) is 0.669. The van der Waals surface area contributed by atoms with Gasteiger partial charge in [-0.05, 0) is 6.92 Å². The zero-order valence-electron chi connectivity index (χ0n) is 4.12. The van der Waals surface area contributed by atoms with Crippen LogP contribution in [0.15, 0.2) is 0 Å². The molecule has 0 aromatic rings. The highest BCUT2D eigenvalue weighted by Gasteiger charge is 2.37. The van der Waals surface area contributed by atoms with E-state index in [-0.39, 0.29) is 0 Å². The zero-order valence-corrected chi connectivity index (χ0v) is 6.27. The molecule has 1 nitrogen and oxygen atoms in total. The molecule has 1 aliphatic heterocycles. The lowest BCUT2D eigenvalue weighted by molar-refractivity contribution is 0.0594. The monoisotopic (exact) mass is 215 g/mol. The Bertz CT molecular complexity index is 75.8. The van der Waals surface area contributed by atoms with E-state index in [9.17, 15) is 4.39 Å². The number of hydrogen-bond donors (Lipinski definition) is 0. The summed E-state index contributed by atoms with van der Waals surface area (Å²) in [5.41, 5.74) is -0.888. The highest BCUT2D eigenvalue weighted by atomic mass is 127. The van der Waals surface area contributed by atoms with Crippen molar-refractivity contribution in [2.24, 2.45) is 0 Å². The third-order valence-corrected chi connectivity index (χ3v) is 1.68. The van der Waals surface area contributed by atoms with Gasteiger partial charge in [0.05, 0.1) is 0 Å². The molecular weight excluding hydrogens is 208 g/mol. The summed E-state index contributed by atoms with van der Waals surface area (Å²) in [6.45, 7) is 2.81. The molecule has 7 heavy (non-hydrogen) atoms. The van der Waals surface area contributed by atoms with Crippen LogP contribution in [0.25, 0.3) is 0 Å². The molecule has 0 amide bonds. The molecule has 0 unspecified atom stereocenters. The minimum Gasteiger partial charge on any atom is -0.241 e. The van der Waals surface area contributed by atoms with E-state index in [2.05, 4.69) is 22.9 Å². The van der Waals surface area contributed by atoms with E-state index < -0.39 is 5.67 Å². The fourth-order valence-corrected chi connectivity index (χ4v) is 2.09. The largest absolute Gasteiger partial charge is 0.241 e. The Morgan fingerprint density at radius 1 is 1.71 bits per heavy atom. The Labute approximate surface area is 56.4 Å². The maximum absolute atomic E-state index is 12.4. The highest BCUT2D eigenvalue weighted by molar-refractivity contribution is 14.1. The number of nitrogens with zero attached hydrogens (tertiary/aromatic N) is 1. The topological polar surface area (TPSA) is 3.24 Å². The van der Waals surface area contributed by atoms with Crippen LogP contribution in [0.5, 0.6) is 0 Å². The molecule has 0 spiro atoms. The Morgan fingerprint density at radius 2 is 2.14 bits per heavy atom. The van der Waals surface area contributed by atoms with Gasteiger partial charge < -0.3 is 0 Å². The summed E-state index contributed by atoms with van der Waals surface area (Å²) in [5.74, 6) is 0. The minimum absolute atomic E-state index is 0.591. The lowest BCUT2D eigenvalue weighted by Gasteiger charge is -2.37. The van der Waals surface area contributed by atoms with E-state index in [0.29, 0.717) is 13.1 Å². The van der Waals surface area contributed by atoms with Gasteiger partial charge >= 0.3 is 0 Å². The summed E-state index contributed by atoms with van der Waals surface area (Å²) in [6.07, 6.45) is 0. The SMILES string of the molecule is CC1(F)CN(I)C1. The molecule has 0 radical (unpaired) electrons. The molecular formula is C4H7FIN. The second kappa shape index (κ2) is 1.55. The Kier molecular flexibility index (Phi) is 1.27. The van der Waals surface area contributed by atoms with Crippen molar-refractivity contribution in [3.8, 4) is 0 Å². The molecule has 0 saturated carbocycles. The molecule has 0 aliphatic carbocycles. The van der Waals surface area contributed by atoms with Crippen LogP contribution in [-0.2, 0) is 0 Å². The molecule has 1 aliphatic rings. The number of rotatable bonds is 0. The van der Waals surface area contributed by atoms with Crippen LogP contribution in [0.2, 0.25) is 0 Å². The first-order valence-electron chi connectivity index (χ1n) is 2.20. The number of hydrogen-bond acceptors (Lipinski definition) is 1. The average Bonchev–Trinajstić information content (AvgIpc) is 1.27. The van der Waals surface area contributed by atoms with Gasteiger partial charge in [0.1, 0.15) is 5.67 Å². The van der Waals surface area contributed by atoms with E-state index in [0.717, 1.165) is 0 Å². The molecule has 0 aromatic heterocycles. The third kappa shape index (κ3) is 1.25. The molecule has 42 valence electrons. The van der Waals surface area contributed by atoms with Crippen LogP contribution in [0.1, 0.15) is 6.92 Å². The van der Waals surface area contributed by atoms with Gasteiger partial charge in [0.25, 0.3) is 0 Å². The van der Waals surface area contributed by atoms with Crippen molar-refractivity contribution in [1.29, 1.82) is 0 Å². The predicted molar refractivity (Wildman–Crippen MR) is 35.1 cm³/mol. The van der Waals surface area contributed by atoms with Crippen LogP contribution in [0.4, 0.5) is 4.39 Å². The average molecular weight is 215 g/mol. The van der Waals surface area contributed by atoms with E-state index in [1.165, 1.54) is 0 Å². The first-order chi connectivity index (χ1) is 3.10. The highest BCUT2D eigenvalue weighted by Crippen LogP contribution is 2.26. The maximum Gasteiger partial charge on any atom is 0.135 e. The van der Waals surface area contributed by atoms with Crippen LogP contribution in [0.3, 0.4) is 0 Å². The molecule has 1 heterocycles. The van der Waals surface area contributed by atoms with Gasteiger partial charge in [0, 0.05) is 36.0 Å². The van der Waals surface area contributed by atoms with Crippen LogP contribution in [-0.4, -0.2) is 21.9 Å². The molecule has 0 aromatic carbocycles. The molecule has 1 saturated heterocycles. The summed E-state index contributed by atoms with van der Waals surface area (Å²) in [7, 11) is 0. The maximum atomic E-state index is 12.4. The third-order valence-electron chi connectivity index (χ3n) is 1.00. The van der Waals surface area contributed by atoms with Gasteiger partial charge in [-0.15, -0.1) is 0 Å². The van der Waals surface area contributed by atoms with Gasteiger partial charge in [0.2, 0.25) is 0 Å². The fraction of sp³-hybridized carbons (Fsp3) is 1.00. The van der Waals surface area contributed by atoms with E-state index >= 15 is 0 Å². The van der Waals surface area contributed by atoms with Crippen LogP contribution < -0.4 is 0 Å². The summed E-state index contributed by atoms with van der Waals surface area (Å²) in [6, 6.07) is 0. The van der Waals surface area contributed by atoms with Gasteiger partial charge in [-0.25, -0.2) is 7.50 Å².